The Morgan fingerprint density at radius 3 is 2.06 bits per heavy atom. The summed E-state index contributed by atoms with van der Waals surface area (Å²) < 4.78 is 90.9. The van der Waals surface area contributed by atoms with Crippen LogP contribution < -0.4 is 0 Å². The fourth-order valence-corrected chi connectivity index (χ4v) is 1.53. The number of fused-ring (bicyclic) bond motifs is 1. The lowest BCUT2D eigenvalue weighted by Crippen LogP contribution is -2.28. The standard InChI is InChI=1S/C10HF7O/c11-3-1-2-4(6(13)5(3)12)8(18)7(14)9(15)10(2,16)17/h1H. The molecule has 0 aliphatic heterocycles. The molecule has 0 bridgehead atoms. The summed E-state index contributed by atoms with van der Waals surface area (Å²) in [5.74, 6) is -18.6. The molecule has 0 radical (unpaired) electrons. The molecule has 0 unspecified atom stereocenters. The lowest BCUT2D eigenvalue weighted by molar-refractivity contribution is 0.00487. The van der Waals surface area contributed by atoms with Gasteiger partial charge in [-0.15, -0.1) is 0 Å². The van der Waals surface area contributed by atoms with E-state index in [4.69, 9.17) is 0 Å². The normalized spacial score (nSPS) is 18.1. The second kappa shape index (κ2) is 3.56. The lowest BCUT2D eigenvalue weighted by atomic mass is 9.90. The van der Waals surface area contributed by atoms with Gasteiger partial charge in [-0.2, -0.15) is 13.2 Å². The van der Waals surface area contributed by atoms with Crippen molar-refractivity contribution in [2.45, 2.75) is 5.92 Å². The quantitative estimate of drug-likeness (QED) is 0.520. The minimum absolute atomic E-state index is 0.238. The van der Waals surface area contributed by atoms with Crippen LogP contribution in [0.15, 0.2) is 17.7 Å². The van der Waals surface area contributed by atoms with Crippen LogP contribution in [0.4, 0.5) is 30.7 Å². The first-order valence-corrected chi connectivity index (χ1v) is 4.35. The Morgan fingerprint density at radius 1 is 0.944 bits per heavy atom. The summed E-state index contributed by atoms with van der Waals surface area (Å²) in [7, 11) is 0. The number of carbonyl (C=O) groups is 1. The van der Waals surface area contributed by atoms with Gasteiger partial charge in [-0.3, -0.25) is 4.79 Å². The smallest absolute Gasteiger partial charge is 0.286 e. The molecule has 0 heterocycles. The first kappa shape index (κ1) is 12.6. The Bertz CT molecular complexity index is 603. The van der Waals surface area contributed by atoms with Gasteiger partial charge < -0.3 is 0 Å². The molecule has 0 amide bonds. The molecule has 0 fully saturated rings. The monoisotopic (exact) mass is 270 g/mol. The maximum absolute atomic E-state index is 13.2. The Kier molecular flexibility index (Phi) is 2.49. The summed E-state index contributed by atoms with van der Waals surface area (Å²) in [5.41, 5.74) is -3.46. The molecule has 1 aromatic rings. The van der Waals surface area contributed by atoms with Crippen LogP contribution in [0.1, 0.15) is 15.9 Å². The van der Waals surface area contributed by atoms with Gasteiger partial charge in [0.1, 0.15) is 0 Å². The first-order valence-electron chi connectivity index (χ1n) is 4.35. The molecular weight excluding hydrogens is 269 g/mol. The third kappa shape index (κ3) is 1.37. The van der Waals surface area contributed by atoms with Gasteiger partial charge in [0, 0.05) is 5.56 Å². The Morgan fingerprint density at radius 2 is 1.50 bits per heavy atom. The van der Waals surface area contributed by atoms with E-state index in [0.29, 0.717) is 0 Å². The van der Waals surface area contributed by atoms with Crippen molar-refractivity contribution in [2.75, 3.05) is 0 Å². The topological polar surface area (TPSA) is 17.1 Å². The zero-order chi connectivity index (χ0) is 13.8. The maximum Gasteiger partial charge on any atom is 0.328 e. The van der Waals surface area contributed by atoms with E-state index in [9.17, 15) is 35.5 Å². The average molecular weight is 270 g/mol. The van der Waals surface area contributed by atoms with Gasteiger partial charge in [0.15, 0.2) is 17.5 Å². The summed E-state index contributed by atoms with van der Waals surface area (Å²) in [4.78, 5) is 11.1. The highest BCUT2D eigenvalue weighted by molar-refractivity contribution is 6.10. The van der Waals surface area contributed by atoms with Crippen LogP contribution in [0.5, 0.6) is 0 Å². The number of benzene rings is 1. The van der Waals surface area contributed by atoms with Crippen LogP contribution in [-0.2, 0) is 5.92 Å². The van der Waals surface area contributed by atoms with Gasteiger partial charge in [-0.25, -0.2) is 17.6 Å². The molecule has 18 heavy (non-hydrogen) atoms. The van der Waals surface area contributed by atoms with Crippen molar-refractivity contribution in [3.05, 3.63) is 46.3 Å². The number of halogens is 7. The molecule has 0 atom stereocenters. The molecule has 0 spiro atoms. The molecule has 8 heteroatoms. The number of allylic oxidation sites excluding steroid dienone is 2. The van der Waals surface area contributed by atoms with Crippen LogP contribution in [0.25, 0.3) is 0 Å². The van der Waals surface area contributed by atoms with Gasteiger partial charge in [0.25, 0.3) is 0 Å². The van der Waals surface area contributed by atoms with Crippen LogP contribution in [0.2, 0.25) is 0 Å². The van der Waals surface area contributed by atoms with E-state index in [1.165, 1.54) is 0 Å². The predicted molar refractivity (Wildman–Crippen MR) is 43.8 cm³/mol. The zero-order valence-corrected chi connectivity index (χ0v) is 8.13. The van der Waals surface area contributed by atoms with E-state index in [1.54, 1.807) is 0 Å². The van der Waals surface area contributed by atoms with E-state index in [2.05, 4.69) is 0 Å². The molecule has 0 saturated heterocycles. The highest BCUT2D eigenvalue weighted by Crippen LogP contribution is 2.46. The van der Waals surface area contributed by atoms with Crippen molar-refractivity contribution < 1.29 is 35.5 Å². The van der Waals surface area contributed by atoms with E-state index >= 15 is 0 Å². The van der Waals surface area contributed by atoms with Crippen molar-refractivity contribution in [3.8, 4) is 0 Å². The van der Waals surface area contributed by atoms with Gasteiger partial charge in [0.05, 0.1) is 5.56 Å². The Balaban J connectivity index is 2.91. The lowest BCUT2D eigenvalue weighted by Gasteiger charge is -2.22. The van der Waals surface area contributed by atoms with Crippen molar-refractivity contribution in [3.63, 3.8) is 0 Å². The van der Waals surface area contributed by atoms with Crippen LogP contribution >= 0.6 is 0 Å². The zero-order valence-electron chi connectivity index (χ0n) is 8.13. The summed E-state index contributed by atoms with van der Waals surface area (Å²) in [6.45, 7) is 0. The molecule has 1 nitrogen and oxygen atoms in total. The van der Waals surface area contributed by atoms with Crippen molar-refractivity contribution in [2.24, 2.45) is 0 Å². The van der Waals surface area contributed by atoms with Crippen molar-refractivity contribution in [1.82, 2.24) is 0 Å². The fourth-order valence-electron chi connectivity index (χ4n) is 1.53. The number of Topliss-reactive ketones (excluding diaryl/α,β-unsaturated/α-hetero) is 1. The molecule has 0 saturated carbocycles. The Labute approximate surface area is 94.5 Å². The molecule has 1 aliphatic rings. The number of hydrogen-bond acceptors (Lipinski definition) is 1. The average Bonchev–Trinajstić information content (AvgIpc) is 2.31. The second-order valence-corrected chi connectivity index (χ2v) is 3.44. The van der Waals surface area contributed by atoms with Gasteiger partial charge in [-0.1, -0.05) is 0 Å². The number of hydrogen-bond donors (Lipinski definition) is 0. The van der Waals surface area contributed by atoms with E-state index in [0.717, 1.165) is 0 Å². The third-order valence-electron chi connectivity index (χ3n) is 2.40. The second-order valence-electron chi connectivity index (χ2n) is 3.44. The molecule has 1 aliphatic carbocycles. The third-order valence-corrected chi connectivity index (χ3v) is 2.40. The minimum Gasteiger partial charge on any atom is -0.286 e. The maximum atomic E-state index is 13.2. The summed E-state index contributed by atoms with van der Waals surface area (Å²) in [6.07, 6.45) is 0. The van der Waals surface area contributed by atoms with Gasteiger partial charge in [-0.05, 0) is 6.07 Å². The van der Waals surface area contributed by atoms with Crippen LogP contribution in [-0.4, -0.2) is 5.78 Å². The van der Waals surface area contributed by atoms with Crippen LogP contribution in [0, 0.1) is 17.5 Å². The highest BCUT2D eigenvalue weighted by atomic mass is 19.3. The number of ketones is 1. The number of carbonyl (C=O) groups excluding carboxylic acids is 1. The summed E-state index contributed by atoms with van der Waals surface area (Å²) >= 11 is 0. The molecular formula is C10HF7O. The van der Waals surface area contributed by atoms with E-state index in [1.807, 2.05) is 0 Å². The molecule has 1 aromatic carbocycles. The Hall–Kier alpha value is -1.86. The SMILES string of the molecule is O=C1C(F)=C(F)C(F)(F)c2cc(F)c(F)c(F)c21. The highest BCUT2D eigenvalue weighted by Gasteiger charge is 2.50. The fraction of sp³-hybridized carbons (Fsp3) is 0.100. The molecule has 0 N–H and O–H groups in total. The largest absolute Gasteiger partial charge is 0.328 e. The number of alkyl halides is 2. The molecule has 96 valence electrons. The minimum atomic E-state index is -4.73. The van der Waals surface area contributed by atoms with E-state index in [-0.39, 0.29) is 6.07 Å². The van der Waals surface area contributed by atoms with Crippen molar-refractivity contribution >= 4 is 5.78 Å². The summed E-state index contributed by atoms with van der Waals surface area (Å²) in [6, 6.07) is -0.238. The first-order chi connectivity index (χ1) is 8.19. The van der Waals surface area contributed by atoms with Gasteiger partial charge in [0.2, 0.25) is 17.4 Å². The van der Waals surface area contributed by atoms with Gasteiger partial charge >= 0.3 is 5.92 Å². The summed E-state index contributed by atoms with van der Waals surface area (Å²) in [5, 5.41) is 0. The van der Waals surface area contributed by atoms with E-state index < -0.39 is 51.9 Å². The van der Waals surface area contributed by atoms with Crippen LogP contribution in [0.3, 0.4) is 0 Å². The van der Waals surface area contributed by atoms with Crippen molar-refractivity contribution in [1.29, 1.82) is 0 Å². The number of rotatable bonds is 0. The molecule has 0 aromatic heterocycles. The molecule has 2 rings (SSSR count). The predicted octanol–water partition coefficient (Wildman–Crippen LogP) is 3.54.